The Hall–Kier alpha value is -3.07. The molecule has 2 heterocycles. The van der Waals surface area contributed by atoms with Crippen molar-refractivity contribution in [3.05, 3.63) is 50.4 Å². The SMILES string of the molecule is CCCCn1c(=O)[nH]c(=O)c2c1nc(CNC(C)c1cc(OC)ccc1OC)n2C. The number of H-pyrrole nitrogens is 1. The van der Waals surface area contributed by atoms with E-state index in [4.69, 9.17) is 9.47 Å². The van der Waals surface area contributed by atoms with Crippen LogP contribution in [0.15, 0.2) is 27.8 Å². The molecule has 0 saturated carbocycles. The van der Waals surface area contributed by atoms with Crippen molar-refractivity contribution in [2.75, 3.05) is 14.2 Å². The molecule has 0 fully saturated rings. The molecule has 3 aromatic rings. The van der Waals surface area contributed by atoms with Gasteiger partial charge >= 0.3 is 5.69 Å². The van der Waals surface area contributed by atoms with Crippen molar-refractivity contribution < 1.29 is 9.47 Å². The van der Waals surface area contributed by atoms with E-state index in [1.165, 1.54) is 4.57 Å². The molecule has 0 saturated heterocycles. The molecular weight excluding hydrogens is 386 g/mol. The molecule has 0 bridgehead atoms. The van der Waals surface area contributed by atoms with Crippen molar-refractivity contribution in [2.24, 2.45) is 7.05 Å². The van der Waals surface area contributed by atoms with Crippen LogP contribution in [0.1, 0.15) is 44.1 Å². The summed E-state index contributed by atoms with van der Waals surface area (Å²) < 4.78 is 14.1. The monoisotopic (exact) mass is 415 g/mol. The number of aryl methyl sites for hydroxylation is 2. The Bertz CT molecular complexity index is 1140. The third-order valence-corrected chi connectivity index (χ3v) is 5.31. The summed E-state index contributed by atoms with van der Waals surface area (Å²) in [6, 6.07) is 5.59. The predicted molar refractivity (Wildman–Crippen MR) is 115 cm³/mol. The number of nitrogens with zero attached hydrogens (tertiary/aromatic N) is 3. The molecule has 0 aliphatic heterocycles. The van der Waals surface area contributed by atoms with Gasteiger partial charge in [-0.25, -0.2) is 9.78 Å². The van der Waals surface area contributed by atoms with E-state index in [1.807, 2.05) is 25.1 Å². The summed E-state index contributed by atoms with van der Waals surface area (Å²) in [6.07, 6.45) is 1.77. The quantitative estimate of drug-likeness (QED) is 0.555. The fourth-order valence-corrected chi connectivity index (χ4v) is 3.51. The smallest absolute Gasteiger partial charge is 0.330 e. The molecule has 162 valence electrons. The van der Waals surface area contributed by atoms with Crippen molar-refractivity contribution >= 4 is 11.2 Å². The predicted octanol–water partition coefficient (Wildman–Crippen LogP) is 2.09. The number of hydrogen-bond donors (Lipinski definition) is 2. The standard InChI is InChI=1S/C21H29N5O4/c1-6-7-10-26-19-18(20(27)24-21(26)28)25(3)17(23-19)12-22-13(2)15-11-14(29-4)8-9-16(15)30-5/h8-9,11,13,22H,6-7,10,12H2,1-5H3,(H,24,27,28). The van der Waals surface area contributed by atoms with Gasteiger partial charge in [-0.3, -0.25) is 14.3 Å². The van der Waals surface area contributed by atoms with E-state index >= 15 is 0 Å². The van der Waals surface area contributed by atoms with Crippen LogP contribution in [0.25, 0.3) is 11.2 Å². The van der Waals surface area contributed by atoms with Gasteiger partial charge in [0, 0.05) is 25.2 Å². The maximum absolute atomic E-state index is 12.4. The molecule has 30 heavy (non-hydrogen) atoms. The number of imidazole rings is 1. The molecule has 9 nitrogen and oxygen atoms in total. The second-order valence-electron chi connectivity index (χ2n) is 7.23. The first kappa shape index (κ1) is 21.6. The molecule has 0 aliphatic carbocycles. The Morgan fingerprint density at radius 1 is 1.23 bits per heavy atom. The lowest BCUT2D eigenvalue weighted by atomic mass is 10.1. The number of fused-ring (bicyclic) bond motifs is 1. The van der Waals surface area contributed by atoms with Gasteiger partial charge in [0.2, 0.25) is 0 Å². The first-order valence-corrected chi connectivity index (χ1v) is 10.0. The summed E-state index contributed by atoms with van der Waals surface area (Å²) >= 11 is 0. The van der Waals surface area contributed by atoms with Crippen LogP contribution in [0.4, 0.5) is 0 Å². The van der Waals surface area contributed by atoms with Crippen molar-refractivity contribution in [1.29, 1.82) is 0 Å². The van der Waals surface area contributed by atoms with Gasteiger partial charge in [-0.15, -0.1) is 0 Å². The number of hydrogen-bond acceptors (Lipinski definition) is 6. The normalized spacial score (nSPS) is 12.3. The molecule has 0 aliphatic rings. The largest absolute Gasteiger partial charge is 0.497 e. The summed E-state index contributed by atoms with van der Waals surface area (Å²) in [5, 5.41) is 3.42. The van der Waals surface area contributed by atoms with Crippen molar-refractivity contribution in [2.45, 2.75) is 45.8 Å². The fourth-order valence-electron chi connectivity index (χ4n) is 3.51. The van der Waals surface area contributed by atoms with E-state index < -0.39 is 11.2 Å². The third-order valence-electron chi connectivity index (χ3n) is 5.31. The number of aromatic amines is 1. The van der Waals surface area contributed by atoms with Gasteiger partial charge in [-0.05, 0) is 31.5 Å². The van der Waals surface area contributed by atoms with Crippen LogP contribution in [-0.4, -0.2) is 33.3 Å². The highest BCUT2D eigenvalue weighted by Crippen LogP contribution is 2.29. The van der Waals surface area contributed by atoms with Crippen LogP contribution >= 0.6 is 0 Å². The van der Waals surface area contributed by atoms with Gasteiger partial charge in [-0.2, -0.15) is 0 Å². The molecule has 1 unspecified atom stereocenters. The number of ether oxygens (including phenoxy) is 2. The summed E-state index contributed by atoms with van der Waals surface area (Å²) in [5.74, 6) is 2.17. The van der Waals surface area contributed by atoms with E-state index in [-0.39, 0.29) is 6.04 Å². The number of unbranched alkanes of at least 4 members (excludes halogenated alkanes) is 1. The van der Waals surface area contributed by atoms with Gasteiger partial charge in [0.25, 0.3) is 5.56 Å². The van der Waals surface area contributed by atoms with Crippen LogP contribution in [0.3, 0.4) is 0 Å². The highest BCUT2D eigenvalue weighted by Gasteiger charge is 2.18. The Balaban J connectivity index is 1.92. The molecule has 0 amide bonds. The second-order valence-corrected chi connectivity index (χ2v) is 7.23. The average Bonchev–Trinajstić information content (AvgIpc) is 3.07. The maximum atomic E-state index is 12.4. The topological polar surface area (TPSA) is 103 Å². The number of benzene rings is 1. The Labute approximate surface area is 174 Å². The zero-order chi connectivity index (χ0) is 21.8. The summed E-state index contributed by atoms with van der Waals surface area (Å²) in [5.41, 5.74) is 0.921. The number of aromatic nitrogens is 4. The summed E-state index contributed by atoms with van der Waals surface area (Å²) in [7, 11) is 5.04. The molecule has 2 aromatic heterocycles. The Kier molecular flexibility index (Phi) is 6.61. The van der Waals surface area contributed by atoms with Gasteiger partial charge < -0.3 is 19.4 Å². The zero-order valence-corrected chi connectivity index (χ0v) is 18.1. The van der Waals surface area contributed by atoms with E-state index in [0.717, 1.165) is 29.9 Å². The summed E-state index contributed by atoms with van der Waals surface area (Å²) in [6.45, 7) is 5.00. The molecule has 0 spiro atoms. The zero-order valence-electron chi connectivity index (χ0n) is 18.1. The second kappa shape index (κ2) is 9.17. The van der Waals surface area contributed by atoms with Crippen LogP contribution in [0.2, 0.25) is 0 Å². The van der Waals surface area contributed by atoms with E-state index in [2.05, 4.69) is 22.2 Å². The van der Waals surface area contributed by atoms with Gasteiger partial charge in [-0.1, -0.05) is 13.3 Å². The minimum absolute atomic E-state index is 0.0598. The average molecular weight is 415 g/mol. The molecule has 0 radical (unpaired) electrons. The van der Waals surface area contributed by atoms with Crippen LogP contribution < -0.4 is 26.0 Å². The van der Waals surface area contributed by atoms with Crippen LogP contribution in [0, 0.1) is 0 Å². The fraction of sp³-hybridized carbons (Fsp3) is 0.476. The molecule has 1 aromatic carbocycles. The van der Waals surface area contributed by atoms with E-state index in [1.54, 1.807) is 25.8 Å². The van der Waals surface area contributed by atoms with Crippen molar-refractivity contribution in [3.8, 4) is 11.5 Å². The van der Waals surface area contributed by atoms with Gasteiger partial charge in [0.15, 0.2) is 11.2 Å². The highest BCUT2D eigenvalue weighted by molar-refractivity contribution is 5.70. The first-order chi connectivity index (χ1) is 14.4. The van der Waals surface area contributed by atoms with Crippen LogP contribution in [-0.2, 0) is 20.1 Å². The Morgan fingerprint density at radius 2 is 2.00 bits per heavy atom. The minimum atomic E-state index is -0.425. The molecule has 2 N–H and O–H groups in total. The highest BCUT2D eigenvalue weighted by atomic mass is 16.5. The van der Waals surface area contributed by atoms with E-state index in [0.29, 0.717) is 30.1 Å². The van der Waals surface area contributed by atoms with Gasteiger partial charge in [0.05, 0.1) is 20.8 Å². The molecule has 1 atom stereocenters. The van der Waals surface area contributed by atoms with Crippen LogP contribution in [0.5, 0.6) is 11.5 Å². The Morgan fingerprint density at radius 3 is 2.67 bits per heavy atom. The number of rotatable bonds is 9. The number of nitrogens with one attached hydrogen (secondary N) is 2. The van der Waals surface area contributed by atoms with Crippen molar-refractivity contribution in [1.82, 2.24) is 24.4 Å². The lowest BCUT2D eigenvalue weighted by Crippen LogP contribution is -2.31. The summed E-state index contributed by atoms with van der Waals surface area (Å²) in [4.78, 5) is 31.7. The lowest BCUT2D eigenvalue weighted by molar-refractivity contribution is 0.391. The minimum Gasteiger partial charge on any atom is -0.497 e. The third kappa shape index (κ3) is 4.11. The van der Waals surface area contributed by atoms with Crippen molar-refractivity contribution in [3.63, 3.8) is 0 Å². The maximum Gasteiger partial charge on any atom is 0.330 e. The molecular formula is C21H29N5O4. The number of methoxy groups -OCH3 is 2. The van der Waals surface area contributed by atoms with E-state index in [9.17, 15) is 9.59 Å². The lowest BCUT2D eigenvalue weighted by Gasteiger charge is -2.18. The van der Waals surface area contributed by atoms with Gasteiger partial charge in [0.1, 0.15) is 17.3 Å². The first-order valence-electron chi connectivity index (χ1n) is 10.0. The molecule has 9 heteroatoms. The molecule has 3 rings (SSSR count).